The summed E-state index contributed by atoms with van der Waals surface area (Å²) in [6, 6.07) is 15.8. The zero-order chi connectivity index (χ0) is 20.1. The number of H-pyrrole nitrogens is 1. The molecule has 2 aromatic carbocycles. The second-order valence-corrected chi connectivity index (χ2v) is 8.16. The summed E-state index contributed by atoms with van der Waals surface area (Å²) in [5, 5.41) is 1.15. The Hall–Kier alpha value is -3.08. The largest absolute Gasteiger partial charge is 0.356 e. The third-order valence-electron chi connectivity index (χ3n) is 6.19. The number of piperazine rings is 1. The molecular formula is C24H25N3O2. The van der Waals surface area contributed by atoms with E-state index in [9.17, 15) is 9.59 Å². The minimum absolute atomic E-state index is 0.0267. The molecule has 2 aliphatic heterocycles. The number of aryl methyl sites for hydroxylation is 1. The molecule has 5 rings (SSSR count). The monoisotopic (exact) mass is 387 g/mol. The van der Waals surface area contributed by atoms with Gasteiger partial charge < -0.3 is 14.8 Å². The van der Waals surface area contributed by atoms with Crippen LogP contribution >= 0.6 is 0 Å². The lowest BCUT2D eigenvalue weighted by Gasteiger charge is -2.47. The smallest absolute Gasteiger partial charge is 0.246 e. The molecule has 0 saturated carbocycles. The van der Waals surface area contributed by atoms with Gasteiger partial charge in [0, 0.05) is 29.6 Å². The number of aromatic nitrogens is 1. The fourth-order valence-corrected chi connectivity index (χ4v) is 4.97. The van der Waals surface area contributed by atoms with Crippen molar-refractivity contribution in [3.8, 4) is 0 Å². The summed E-state index contributed by atoms with van der Waals surface area (Å²) in [5.74, 6) is 0.0962. The molecular weight excluding hydrogens is 362 g/mol. The molecule has 0 radical (unpaired) electrons. The number of carbonyl (C=O) groups excluding carboxylic acids is 2. The van der Waals surface area contributed by atoms with Gasteiger partial charge >= 0.3 is 0 Å². The quantitative estimate of drug-likeness (QED) is 0.747. The first kappa shape index (κ1) is 18.0. The van der Waals surface area contributed by atoms with Crippen molar-refractivity contribution in [1.29, 1.82) is 0 Å². The highest BCUT2D eigenvalue weighted by Gasteiger charge is 2.47. The minimum atomic E-state index is -0.444. The number of benzene rings is 2. The van der Waals surface area contributed by atoms with Crippen molar-refractivity contribution in [1.82, 2.24) is 14.8 Å². The number of hydrogen-bond acceptors (Lipinski definition) is 2. The van der Waals surface area contributed by atoms with Gasteiger partial charge in [0.25, 0.3) is 0 Å². The van der Waals surface area contributed by atoms with E-state index < -0.39 is 6.04 Å². The minimum Gasteiger partial charge on any atom is -0.356 e. The molecule has 2 amide bonds. The van der Waals surface area contributed by atoms with Gasteiger partial charge in [0.15, 0.2) is 0 Å². The molecule has 0 spiro atoms. The maximum absolute atomic E-state index is 13.3. The Labute approximate surface area is 170 Å². The highest BCUT2D eigenvalue weighted by Crippen LogP contribution is 2.42. The van der Waals surface area contributed by atoms with E-state index in [0.717, 1.165) is 39.7 Å². The van der Waals surface area contributed by atoms with E-state index in [1.807, 2.05) is 30.0 Å². The van der Waals surface area contributed by atoms with Gasteiger partial charge in [-0.05, 0) is 30.5 Å². The number of para-hydroxylation sites is 1. The third-order valence-corrected chi connectivity index (χ3v) is 6.19. The summed E-state index contributed by atoms with van der Waals surface area (Å²) >= 11 is 0. The molecule has 1 aromatic heterocycles. The lowest BCUT2D eigenvalue weighted by molar-refractivity contribution is -0.158. The zero-order valence-corrected chi connectivity index (χ0v) is 16.8. The Morgan fingerprint density at radius 1 is 1.10 bits per heavy atom. The number of rotatable bonds is 3. The molecule has 29 heavy (non-hydrogen) atoms. The number of carbonyl (C=O) groups is 2. The molecule has 1 N–H and O–H groups in total. The first-order valence-corrected chi connectivity index (χ1v) is 10.3. The number of hydrogen-bond donors (Lipinski definition) is 1. The van der Waals surface area contributed by atoms with Crippen LogP contribution in [0.2, 0.25) is 0 Å². The molecule has 3 heterocycles. The van der Waals surface area contributed by atoms with Crippen LogP contribution in [-0.2, 0) is 16.0 Å². The number of aromatic amines is 1. The second-order valence-electron chi connectivity index (χ2n) is 8.16. The lowest BCUT2D eigenvalue weighted by atomic mass is 9.86. The molecule has 0 unspecified atom stereocenters. The van der Waals surface area contributed by atoms with Crippen molar-refractivity contribution in [3.63, 3.8) is 0 Å². The molecule has 5 heteroatoms. The van der Waals surface area contributed by atoms with Gasteiger partial charge in [0.2, 0.25) is 11.8 Å². The van der Waals surface area contributed by atoms with E-state index in [1.165, 1.54) is 0 Å². The molecule has 0 aliphatic carbocycles. The van der Waals surface area contributed by atoms with E-state index in [2.05, 4.69) is 42.2 Å². The normalized spacial score (nSPS) is 21.4. The summed E-state index contributed by atoms with van der Waals surface area (Å²) < 4.78 is 0. The SMILES string of the molecule is CCCN1CC(=O)N2[C@@H](c3cccc(C)c3)c3[nH]c4ccccc4c3C[C@H]2C1=O. The standard InChI is InChI=1S/C24H25N3O2/c1-3-11-26-14-21(28)27-20(24(26)29)13-18-17-9-4-5-10-19(17)25-22(18)23(27)16-8-6-7-15(2)12-16/h4-10,12,20,23,25H,3,11,13-14H2,1-2H3/t20-,23-/m0/s1. The van der Waals surface area contributed by atoms with Crippen molar-refractivity contribution >= 4 is 22.7 Å². The fraction of sp³-hybridized carbons (Fsp3) is 0.333. The Balaban J connectivity index is 1.72. The summed E-state index contributed by atoms with van der Waals surface area (Å²) in [5.41, 5.74) is 5.45. The molecule has 0 bridgehead atoms. The van der Waals surface area contributed by atoms with E-state index in [-0.39, 0.29) is 24.4 Å². The Bertz CT molecular complexity index is 1120. The average Bonchev–Trinajstić information content (AvgIpc) is 3.09. The van der Waals surface area contributed by atoms with Crippen LogP contribution in [-0.4, -0.2) is 45.7 Å². The summed E-state index contributed by atoms with van der Waals surface area (Å²) in [6.07, 6.45) is 1.41. The molecule has 2 aliphatic rings. The third kappa shape index (κ3) is 2.76. The lowest BCUT2D eigenvalue weighted by Crippen LogP contribution is -2.63. The maximum atomic E-state index is 13.3. The number of nitrogens with zero attached hydrogens (tertiary/aromatic N) is 2. The summed E-state index contributed by atoms with van der Waals surface area (Å²) in [6.45, 7) is 4.90. The second kappa shape index (κ2) is 6.76. The average molecular weight is 387 g/mol. The van der Waals surface area contributed by atoms with Crippen LogP contribution in [0.25, 0.3) is 10.9 Å². The van der Waals surface area contributed by atoms with Crippen LogP contribution in [0, 0.1) is 6.92 Å². The molecule has 3 aromatic rings. The highest BCUT2D eigenvalue weighted by atomic mass is 16.2. The number of fused-ring (bicyclic) bond motifs is 4. The summed E-state index contributed by atoms with van der Waals surface area (Å²) in [7, 11) is 0. The van der Waals surface area contributed by atoms with Crippen molar-refractivity contribution in [3.05, 3.63) is 70.9 Å². The summed E-state index contributed by atoms with van der Waals surface area (Å²) in [4.78, 5) is 33.7. The molecule has 2 atom stereocenters. The zero-order valence-electron chi connectivity index (χ0n) is 16.8. The van der Waals surface area contributed by atoms with Crippen molar-refractivity contribution < 1.29 is 9.59 Å². The van der Waals surface area contributed by atoms with E-state index >= 15 is 0 Å². The van der Waals surface area contributed by atoms with Gasteiger partial charge in [-0.1, -0.05) is 55.0 Å². The Morgan fingerprint density at radius 2 is 1.93 bits per heavy atom. The van der Waals surface area contributed by atoms with Gasteiger partial charge in [-0.15, -0.1) is 0 Å². The van der Waals surface area contributed by atoms with Crippen molar-refractivity contribution in [2.75, 3.05) is 13.1 Å². The van der Waals surface area contributed by atoms with Crippen molar-refractivity contribution in [2.45, 2.75) is 38.8 Å². The van der Waals surface area contributed by atoms with Gasteiger partial charge in [-0.25, -0.2) is 0 Å². The first-order chi connectivity index (χ1) is 14.1. The number of nitrogens with one attached hydrogen (secondary N) is 1. The Kier molecular flexibility index (Phi) is 4.19. The molecule has 5 nitrogen and oxygen atoms in total. The maximum Gasteiger partial charge on any atom is 0.246 e. The molecule has 1 saturated heterocycles. The van der Waals surface area contributed by atoms with Crippen LogP contribution in [0.3, 0.4) is 0 Å². The van der Waals surface area contributed by atoms with Gasteiger partial charge in [-0.2, -0.15) is 0 Å². The Morgan fingerprint density at radius 3 is 2.72 bits per heavy atom. The van der Waals surface area contributed by atoms with Crippen LogP contribution in [0.15, 0.2) is 48.5 Å². The highest BCUT2D eigenvalue weighted by molar-refractivity contribution is 5.97. The van der Waals surface area contributed by atoms with E-state index in [0.29, 0.717) is 13.0 Å². The fourth-order valence-electron chi connectivity index (χ4n) is 4.97. The van der Waals surface area contributed by atoms with Gasteiger partial charge in [0.1, 0.15) is 6.04 Å². The van der Waals surface area contributed by atoms with E-state index in [1.54, 1.807) is 4.90 Å². The first-order valence-electron chi connectivity index (χ1n) is 10.3. The number of amides is 2. The van der Waals surface area contributed by atoms with Crippen LogP contribution in [0.5, 0.6) is 0 Å². The van der Waals surface area contributed by atoms with E-state index in [4.69, 9.17) is 0 Å². The molecule has 148 valence electrons. The molecule has 1 fully saturated rings. The predicted molar refractivity (Wildman–Crippen MR) is 113 cm³/mol. The predicted octanol–water partition coefficient (Wildman–Crippen LogP) is 3.57. The van der Waals surface area contributed by atoms with Crippen LogP contribution < -0.4 is 0 Å². The van der Waals surface area contributed by atoms with Crippen LogP contribution in [0.4, 0.5) is 0 Å². The van der Waals surface area contributed by atoms with Crippen LogP contribution in [0.1, 0.15) is 41.8 Å². The van der Waals surface area contributed by atoms with Crippen molar-refractivity contribution in [2.24, 2.45) is 0 Å². The van der Waals surface area contributed by atoms with Gasteiger partial charge in [0.05, 0.1) is 12.6 Å². The topological polar surface area (TPSA) is 56.4 Å². The van der Waals surface area contributed by atoms with Gasteiger partial charge in [-0.3, -0.25) is 9.59 Å².